The summed E-state index contributed by atoms with van der Waals surface area (Å²) in [7, 11) is 1.91. The average Bonchev–Trinajstić information content (AvgIpc) is 2.73. The van der Waals surface area contributed by atoms with E-state index in [1.54, 1.807) is 12.3 Å². The van der Waals surface area contributed by atoms with Crippen molar-refractivity contribution in [3.05, 3.63) is 47.5 Å². The lowest BCUT2D eigenvalue weighted by Crippen LogP contribution is -2.14. The summed E-state index contributed by atoms with van der Waals surface area (Å²) < 4.78 is 15.0. The Morgan fingerprint density at radius 2 is 2.33 bits per heavy atom. The number of thioether (sulfide) groups is 1. The molecule has 0 atom stereocenters. The van der Waals surface area contributed by atoms with Gasteiger partial charge in [-0.2, -0.15) is 0 Å². The van der Waals surface area contributed by atoms with Gasteiger partial charge in [0.2, 0.25) is 0 Å². The van der Waals surface area contributed by atoms with Gasteiger partial charge >= 0.3 is 0 Å². The highest BCUT2D eigenvalue weighted by molar-refractivity contribution is 7.98. The molecule has 94 valence electrons. The summed E-state index contributed by atoms with van der Waals surface area (Å²) in [5.74, 6) is 0.0935. The van der Waals surface area contributed by atoms with Gasteiger partial charge in [-0.15, -0.1) is 0 Å². The van der Waals surface area contributed by atoms with E-state index in [0.717, 1.165) is 10.7 Å². The van der Waals surface area contributed by atoms with E-state index in [4.69, 9.17) is 11.1 Å². The molecule has 0 unspecified atom stereocenters. The second-order valence-electron chi connectivity index (χ2n) is 3.82. The van der Waals surface area contributed by atoms with Gasteiger partial charge in [0, 0.05) is 30.8 Å². The Kier molecular flexibility index (Phi) is 3.66. The lowest BCUT2D eigenvalue weighted by atomic mass is 10.1. The Bertz CT molecular complexity index is 579. The zero-order valence-corrected chi connectivity index (χ0v) is 10.7. The number of benzene rings is 1. The molecule has 0 radical (unpaired) electrons. The van der Waals surface area contributed by atoms with Crippen LogP contribution in [0.1, 0.15) is 11.1 Å². The van der Waals surface area contributed by atoms with Crippen molar-refractivity contribution in [2.75, 3.05) is 0 Å². The molecule has 0 spiro atoms. The van der Waals surface area contributed by atoms with Crippen molar-refractivity contribution in [1.82, 2.24) is 9.55 Å². The number of aromatic nitrogens is 2. The van der Waals surface area contributed by atoms with Gasteiger partial charge in [0.05, 0.1) is 0 Å². The highest BCUT2D eigenvalue weighted by atomic mass is 32.2. The van der Waals surface area contributed by atoms with Crippen LogP contribution in [0.2, 0.25) is 0 Å². The van der Waals surface area contributed by atoms with Crippen LogP contribution in [0, 0.1) is 11.2 Å². The molecule has 6 heteroatoms. The molecule has 0 saturated carbocycles. The Labute approximate surface area is 109 Å². The van der Waals surface area contributed by atoms with Gasteiger partial charge in [-0.05, 0) is 17.7 Å². The molecule has 18 heavy (non-hydrogen) atoms. The van der Waals surface area contributed by atoms with Crippen molar-refractivity contribution in [2.45, 2.75) is 10.9 Å². The minimum atomic E-state index is -0.383. The standard InChI is InChI=1S/C12H13FN4S/c1-17-5-4-16-12(17)18-7-8-2-3-9(13)6-10(8)11(14)15/h2-6H,7H2,1H3,(H3,14,15). The predicted molar refractivity (Wildman–Crippen MR) is 70.2 cm³/mol. The molecule has 0 amide bonds. The third-order valence-electron chi connectivity index (χ3n) is 2.50. The smallest absolute Gasteiger partial charge is 0.167 e. The Morgan fingerprint density at radius 1 is 1.56 bits per heavy atom. The van der Waals surface area contributed by atoms with Gasteiger partial charge < -0.3 is 10.3 Å². The molecule has 4 nitrogen and oxygen atoms in total. The topological polar surface area (TPSA) is 67.7 Å². The fourth-order valence-corrected chi connectivity index (χ4v) is 2.49. The normalized spacial score (nSPS) is 10.6. The fourth-order valence-electron chi connectivity index (χ4n) is 1.56. The van der Waals surface area contributed by atoms with Crippen molar-refractivity contribution in [1.29, 1.82) is 5.41 Å². The van der Waals surface area contributed by atoms with Crippen LogP contribution in [0.4, 0.5) is 4.39 Å². The number of hydrogen-bond acceptors (Lipinski definition) is 3. The Balaban J connectivity index is 2.19. The summed E-state index contributed by atoms with van der Waals surface area (Å²) >= 11 is 1.52. The van der Waals surface area contributed by atoms with Crippen LogP contribution in [-0.4, -0.2) is 15.4 Å². The van der Waals surface area contributed by atoms with Crippen LogP contribution in [0.15, 0.2) is 35.7 Å². The molecular weight excluding hydrogens is 251 g/mol. The number of nitrogens with zero attached hydrogens (tertiary/aromatic N) is 2. The Morgan fingerprint density at radius 3 is 2.94 bits per heavy atom. The first kappa shape index (κ1) is 12.6. The molecule has 0 saturated heterocycles. The second-order valence-corrected chi connectivity index (χ2v) is 4.77. The van der Waals surface area contributed by atoms with E-state index < -0.39 is 0 Å². The number of nitrogen functional groups attached to an aromatic ring is 1. The first-order chi connectivity index (χ1) is 8.58. The SMILES string of the molecule is Cn1ccnc1SCc1ccc(F)cc1C(=N)N. The summed E-state index contributed by atoms with van der Waals surface area (Å²) in [5.41, 5.74) is 6.72. The van der Waals surface area contributed by atoms with Crippen molar-refractivity contribution < 1.29 is 4.39 Å². The fraction of sp³-hybridized carbons (Fsp3) is 0.167. The number of aryl methyl sites for hydroxylation is 1. The lowest BCUT2D eigenvalue weighted by Gasteiger charge is -2.08. The molecule has 2 rings (SSSR count). The first-order valence-electron chi connectivity index (χ1n) is 5.31. The molecule has 2 aromatic rings. The highest BCUT2D eigenvalue weighted by Gasteiger charge is 2.09. The molecular formula is C12H13FN4S. The van der Waals surface area contributed by atoms with Crippen LogP contribution in [0.5, 0.6) is 0 Å². The van der Waals surface area contributed by atoms with Gasteiger partial charge in [0.1, 0.15) is 11.7 Å². The van der Waals surface area contributed by atoms with Crippen LogP contribution >= 0.6 is 11.8 Å². The average molecular weight is 264 g/mol. The first-order valence-corrected chi connectivity index (χ1v) is 6.29. The molecule has 3 N–H and O–H groups in total. The zero-order chi connectivity index (χ0) is 13.1. The maximum absolute atomic E-state index is 13.1. The van der Waals surface area contributed by atoms with Crippen molar-refractivity contribution in [3.8, 4) is 0 Å². The van der Waals surface area contributed by atoms with Gasteiger partial charge in [0.15, 0.2) is 5.16 Å². The maximum atomic E-state index is 13.1. The number of hydrogen-bond donors (Lipinski definition) is 2. The number of halogens is 1. The number of amidine groups is 1. The van der Waals surface area contributed by atoms with Crippen molar-refractivity contribution in [3.63, 3.8) is 0 Å². The quantitative estimate of drug-likeness (QED) is 0.505. The minimum absolute atomic E-state index is 0.120. The molecule has 1 aromatic heterocycles. The van der Waals surface area contributed by atoms with E-state index in [-0.39, 0.29) is 11.7 Å². The summed E-state index contributed by atoms with van der Waals surface area (Å²) in [6.07, 6.45) is 3.58. The van der Waals surface area contributed by atoms with E-state index in [2.05, 4.69) is 4.98 Å². The van der Waals surface area contributed by atoms with E-state index in [1.807, 2.05) is 17.8 Å². The monoisotopic (exact) mass is 264 g/mol. The third-order valence-corrected chi connectivity index (χ3v) is 3.60. The van der Waals surface area contributed by atoms with Crippen LogP contribution in [0.3, 0.4) is 0 Å². The predicted octanol–water partition coefficient (Wildman–Crippen LogP) is 2.14. The van der Waals surface area contributed by atoms with Gasteiger partial charge in [-0.25, -0.2) is 9.37 Å². The highest BCUT2D eigenvalue weighted by Crippen LogP contribution is 2.23. The summed E-state index contributed by atoms with van der Waals surface area (Å²) in [6, 6.07) is 4.32. The molecule has 0 fully saturated rings. The largest absolute Gasteiger partial charge is 0.384 e. The molecule has 1 aromatic carbocycles. The van der Waals surface area contributed by atoms with Crippen LogP contribution in [-0.2, 0) is 12.8 Å². The molecule has 0 bridgehead atoms. The van der Waals surface area contributed by atoms with Gasteiger partial charge in [-0.3, -0.25) is 5.41 Å². The maximum Gasteiger partial charge on any atom is 0.167 e. The van der Waals surface area contributed by atoms with Crippen molar-refractivity contribution >= 4 is 17.6 Å². The molecule has 0 aliphatic rings. The second kappa shape index (κ2) is 5.22. The third kappa shape index (κ3) is 2.70. The van der Waals surface area contributed by atoms with E-state index in [9.17, 15) is 4.39 Å². The summed E-state index contributed by atoms with van der Waals surface area (Å²) in [5, 5.41) is 8.32. The van der Waals surface area contributed by atoms with Crippen LogP contribution < -0.4 is 5.73 Å². The van der Waals surface area contributed by atoms with E-state index in [1.165, 1.54) is 23.9 Å². The summed E-state index contributed by atoms with van der Waals surface area (Å²) in [4.78, 5) is 4.19. The minimum Gasteiger partial charge on any atom is -0.384 e. The van der Waals surface area contributed by atoms with E-state index in [0.29, 0.717) is 11.3 Å². The molecule has 0 aliphatic carbocycles. The van der Waals surface area contributed by atoms with Gasteiger partial charge in [0.25, 0.3) is 0 Å². The van der Waals surface area contributed by atoms with Crippen LogP contribution in [0.25, 0.3) is 0 Å². The lowest BCUT2D eigenvalue weighted by molar-refractivity contribution is 0.627. The summed E-state index contributed by atoms with van der Waals surface area (Å²) in [6.45, 7) is 0. The van der Waals surface area contributed by atoms with Crippen molar-refractivity contribution in [2.24, 2.45) is 12.8 Å². The molecule has 1 heterocycles. The molecule has 0 aliphatic heterocycles. The Hall–Kier alpha value is -1.82. The van der Waals surface area contributed by atoms with Gasteiger partial charge in [-0.1, -0.05) is 17.8 Å². The zero-order valence-electron chi connectivity index (χ0n) is 9.85. The number of nitrogens with two attached hydrogens (primary N) is 1. The van der Waals surface area contributed by atoms with E-state index >= 15 is 0 Å². The number of imidazole rings is 1. The number of nitrogens with one attached hydrogen (secondary N) is 1. The number of rotatable bonds is 4.